The van der Waals surface area contributed by atoms with Crippen LogP contribution < -0.4 is 5.73 Å². The molecule has 2 aromatic rings. The molecule has 0 atom stereocenters. The van der Waals surface area contributed by atoms with Crippen molar-refractivity contribution in [2.75, 3.05) is 6.54 Å². The molecule has 0 aliphatic heterocycles. The van der Waals surface area contributed by atoms with Crippen molar-refractivity contribution >= 4 is 23.2 Å². The summed E-state index contributed by atoms with van der Waals surface area (Å²) in [5.74, 6) is 0. The third kappa shape index (κ3) is 3.01. The van der Waals surface area contributed by atoms with Crippen molar-refractivity contribution in [3.63, 3.8) is 0 Å². The van der Waals surface area contributed by atoms with Crippen LogP contribution in [0.3, 0.4) is 0 Å². The minimum atomic E-state index is 0.579. The van der Waals surface area contributed by atoms with Crippen LogP contribution >= 0.6 is 23.2 Å². The highest BCUT2D eigenvalue weighted by Gasteiger charge is 2.02. The first kappa shape index (κ1) is 12.4. The van der Waals surface area contributed by atoms with E-state index in [0.717, 1.165) is 17.5 Å². The molecule has 0 saturated carbocycles. The monoisotopic (exact) mass is 265 g/mol. The number of halogens is 2. The number of hydrogen-bond acceptors (Lipinski definition) is 1. The van der Waals surface area contributed by atoms with E-state index in [-0.39, 0.29) is 0 Å². The van der Waals surface area contributed by atoms with Crippen LogP contribution in [0.5, 0.6) is 0 Å². The van der Waals surface area contributed by atoms with Gasteiger partial charge in [0.2, 0.25) is 0 Å². The maximum atomic E-state index is 6.00. The molecular weight excluding hydrogens is 253 g/mol. The van der Waals surface area contributed by atoms with Crippen molar-refractivity contribution < 1.29 is 0 Å². The van der Waals surface area contributed by atoms with Gasteiger partial charge in [-0.05, 0) is 41.8 Å². The fourth-order valence-corrected chi connectivity index (χ4v) is 2.00. The molecule has 0 amide bonds. The Kier molecular flexibility index (Phi) is 4.06. The van der Waals surface area contributed by atoms with Gasteiger partial charge in [0.25, 0.3) is 0 Å². The molecule has 0 saturated heterocycles. The van der Waals surface area contributed by atoms with E-state index in [0.29, 0.717) is 16.6 Å². The SMILES string of the molecule is NCCc1ccc(-c2ccc(Cl)c(Cl)c2)cc1. The molecule has 2 rings (SSSR count). The van der Waals surface area contributed by atoms with Gasteiger partial charge in [0.15, 0.2) is 0 Å². The molecule has 3 heteroatoms. The summed E-state index contributed by atoms with van der Waals surface area (Å²) in [4.78, 5) is 0. The number of hydrogen-bond donors (Lipinski definition) is 1. The van der Waals surface area contributed by atoms with Gasteiger partial charge >= 0.3 is 0 Å². The van der Waals surface area contributed by atoms with E-state index in [1.54, 1.807) is 0 Å². The standard InChI is InChI=1S/C14H13Cl2N/c15-13-6-5-12(9-14(13)16)11-3-1-10(2-4-11)7-8-17/h1-6,9H,7-8,17H2. The van der Waals surface area contributed by atoms with Crippen LogP contribution in [-0.4, -0.2) is 6.54 Å². The fourth-order valence-electron chi connectivity index (χ4n) is 1.71. The van der Waals surface area contributed by atoms with Crippen molar-refractivity contribution in [2.24, 2.45) is 5.73 Å². The zero-order chi connectivity index (χ0) is 12.3. The molecule has 88 valence electrons. The molecule has 0 aliphatic rings. The first-order valence-electron chi connectivity index (χ1n) is 5.45. The van der Waals surface area contributed by atoms with E-state index in [4.69, 9.17) is 28.9 Å². The predicted octanol–water partition coefficient (Wildman–Crippen LogP) is 4.16. The third-order valence-electron chi connectivity index (χ3n) is 2.64. The lowest BCUT2D eigenvalue weighted by molar-refractivity contribution is 0.969. The van der Waals surface area contributed by atoms with Crippen molar-refractivity contribution in [1.29, 1.82) is 0 Å². The molecule has 2 aromatic carbocycles. The first-order chi connectivity index (χ1) is 8.20. The Morgan fingerprint density at radius 2 is 1.47 bits per heavy atom. The molecule has 0 fully saturated rings. The van der Waals surface area contributed by atoms with Crippen LogP contribution in [0.25, 0.3) is 11.1 Å². The van der Waals surface area contributed by atoms with Gasteiger partial charge < -0.3 is 5.73 Å². The molecule has 0 heterocycles. The van der Waals surface area contributed by atoms with Gasteiger partial charge in [-0.3, -0.25) is 0 Å². The molecule has 1 nitrogen and oxygen atoms in total. The maximum Gasteiger partial charge on any atom is 0.0598 e. The summed E-state index contributed by atoms with van der Waals surface area (Å²) in [6, 6.07) is 14.0. The maximum absolute atomic E-state index is 6.00. The summed E-state index contributed by atoms with van der Waals surface area (Å²) >= 11 is 11.9. The molecule has 0 aromatic heterocycles. The summed E-state index contributed by atoms with van der Waals surface area (Å²) in [7, 11) is 0. The Balaban J connectivity index is 2.30. The van der Waals surface area contributed by atoms with Crippen molar-refractivity contribution in [1.82, 2.24) is 0 Å². The van der Waals surface area contributed by atoms with Gasteiger partial charge in [-0.15, -0.1) is 0 Å². The molecular formula is C14H13Cl2N. The second-order valence-corrected chi connectivity index (χ2v) is 4.68. The molecule has 0 radical (unpaired) electrons. The van der Waals surface area contributed by atoms with Gasteiger partial charge in [0, 0.05) is 0 Å². The number of benzene rings is 2. The first-order valence-corrected chi connectivity index (χ1v) is 6.21. The largest absolute Gasteiger partial charge is 0.330 e. The van der Waals surface area contributed by atoms with Crippen LogP contribution in [0.4, 0.5) is 0 Å². The minimum Gasteiger partial charge on any atom is -0.330 e. The van der Waals surface area contributed by atoms with Crippen LogP contribution in [0.15, 0.2) is 42.5 Å². The van der Waals surface area contributed by atoms with Crippen molar-refractivity contribution in [3.05, 3.63) is 58.1 Å². The molecule has 0 spiro atoms. The van der Waals surface area contributed by atoms with E-state index >= 15 is 0 Å². The van der Waals surface area contributed by atoms with Gasteiger partial charge in [-0.1, -0.05) is 53.5 Å². The lowest BCUT2D eigenvalue weighted by atomic mass is 10.0. The van der Waals surface area contributed by atoms with Gasteiger partial charge in [-0.2, -0.15) is 0 Å². The van der Waals surface area contributed by atoms with Crippen LogP contribution in [0.2, 0.25) is 10.0 Å². The average Bonchev–Trinajstić information content (AvgIpc) is 2.34. The normalized spacial score (nSPS) is 10.5. The Bertz CT molecular complexity index is 506. The Morgan fingerprint density at radius 3 is 2.06 bits per heavy atom. The summed E-state index contributed by atoms with van der Waals surface area (Å²) in [5, 5.41) is 1.16. The van der Waals surface area contributed by atoms with Gasteiger partial charge in [0.05, 0.1) is 10.0 Å². The summed E-state index contributed by atoms with van der Waals surface area (Å²) < 4.78 is 0. The molecule has 0 aliphatic carbocycles. The molecule has 17 heavy (non-hydrogen) atoms. The predicted molar refractivity (Wildman–Crippen MR) is 74.7 cm³/mol. The Hall–Kier alpha value is -1.02. The zero-order valence-corrected chi connectivity index (χ0v) is 10.8. The smallest absolute Gasteiger partial charge is 0.0598 e. The summed E-state index contributed by atoms with van der Waals surface area (Å²) in [6.07, 6.45) is 0.904. The number of rotatable bonds is 3. The van der Waals surface area contributed by atoms with E-state index in [9.17, 15) is 0 Å². The Morgan fingerprint density at radius 1 is 0.824 bits per heavy atom. The molecule has 0 bridgehead atoms. The average molecular weight is 266 g/mol. The third-order valence-corrected chi connectivity index (χ3v) is 3.38. The van der Waals surface area contributed by atoms with Gasteiger partial charge in [0.1, 0.15) is 0 Å². The number of nitrogens with two attached hydrogens (primary N) is 1. The second kappa shape index (κ2) is 5.54. The lowest BCUT2D eigenvalue weighted by Crippen LogP contribution is -2.02. The highest BCUT2D eigenvalue weighted by molar-refractivity contribution is 6.42. The zero-order valence-electron chi connectivity index (χ0n) is 9.29. The van der Waals surface area contributed by atoms with E-state index < -0.39 is 0 Å². The van der Waals surface area contributed by atoms with Crippen molar-refractivity contribution in [2.45, 2.75) is 6.42 Å². The van der Waals surface area contributed by atoms with Crippen LogP contribution in [-0.2, 0) is 6.42 Å². The van der Waals surface area contributed by atoms with Crippen LogP contribution in [0.1, 0.15) is 5.56 Å². The topological polar surface area (TPSA) is 26.0 Å². The van der Waals surface area contributed by atoms with Crippen LogP contribution in [0, 0.1) is 0 Å². The van der Waals surface area contributed by atoms with E-state index in [1.807, 2.05) is 18.2 Å². The quantitative estimate of drug-likeness (QED) is 0.886. The minimum absolute atomic E-state index is 0.579. The highest BCUT2D eigenvalue weighted by atomic mass is 35.5. The summed E-state index contributed by atoms with van der Waals surface area (Å²) in [5.41, 5.74) is 8.96. The van der Waals surface area contributed by atoms with E-state index in [2.05, 4.69) is 24.3 Å². The molecule has 2 N–H and O–H groups in total. The highest BCUT2D eigenvalue weighted by Crippen LogP contribution is 2.28. The molecule has 0 unspecified atom stereocenters. The Labute approximate surface area is 111 Å². The second-order valence-electron chi connectivity index (χ2n) is 3.86. The fraction of sp³-hybridized carbons (Fsp3) is 0.143. The van der Waals surface area contributed by atoms with Gasteiger partial charge in [-0.25, -0.2) is 0 Å². The van der Waals surface area contributed by atoms with E-state index in [1.165, 1.54) is 5.56 Å². The van der Waals surface area contributed by atoms with Crippen molar-refractivity contribution in [3.8, 4) is 11.1 Å². The summed E-state index contributed by atoms with van der Waals surface area (Å²) in [6.45, 7) is 0.673. The lowest BCUT2D eigenvalue weighted by Gasteiger charge is -2.05.